The normalized spacial score (nSPS) is 24.4. The summed E-state index contributed by atoms with van der Waals surface area (Å²) in [5, 5.41) is 12.3. The molecule has 0 radical (unpaired) electrons. The van der Waals surface area contributed by atoms with E-state index in [0.717, 1.165) is 23.1 Å². The molecule has 0 aromatic heterocycles. The summed E-state index contributed by atoms with van der Waals surface area (Å²) in [7, 11) is 0. The van der Waals surface area contributed by atoms with Crippen LogP contribution in [-0.4, -0.2) is 36.2 Å². The lowest BCUT2D eigenvalue weighted by atomic mass is 10.1. The van der Waals surface area contributed by atoms with Crippen molar-refractivity contribution in [3.8, 4) is 0 Å². The van der Waals surface area contributed by atoms with Gasteiger partial charge in [0.15, 0.2) is 0 Å². The van der Waals surface area contributed by atoms with Crippen LogP contribution in [-0.2, 0) is 4.79 Å². The van der Waals surface area contributed by atoms with Crippen molar-refractivity contribution in [2.24, 2.45) is 0 Å². The maximum absolute atomic E-state index is 12.6. The third-order valence-electron chi connectivity index (χ3n) is 3.45. The van der Waals surface area contributed by atoms with Crippen LogP contribution in [0, 0.1) is 0 Å². The van der Waals surface area contributed by atoms with Gasteiger partial charge < -0.3 is 15.3 Å². The first-order valence-electron chi connectivity index (χ1n) is 6.56. The number of hydrogen-bond donors (Lipinski definition) is 2. The van der Waals surface area contributed by atoms with Crippen LogP contribution in [0.2, 0.25) is 0 Å². The second kappa shape index (κ2) is 6.50. The maximum Gasteiger partial charge on any atom is 0.244 e. The van der Waals surface area contributed by atoms with Crippen molar-refractivity contribution < 1.29 is 9.90 Å². The number of hydrogen-bond acceptors (Lipinski definition) is 3. The quantitative estimate of drug-likeness (QED) is 0.892. The van der Waals surface area contributed by atoms with Crippen LogP contribution in [0.4, 0.5) is 5.69 Å². The van der Waals surface area contributed by atoms with Crippen LogP contribution in [0.1, 0.15) is 19.8 Å². The Bertz CT molecular complexity index is 436. The van der Waals surface area contributed by atoms with Crippen molar-refractivity contribution in [3.63, 3.8) is 0 Å². The number of amides is 1. The third kappa shape index (κ3) is 3.35. The van der Waals surface area contributed by atoms with Crippen molar-refractivity contribution in [2.75, 3.05) is 18.1 Å². The Morgan fingerprint density at radius 2 is 2.11 bits per heavy atom. The lowest BCUT2D eigenvalue weighted by molar-refractivity contribution is -0.120. The molecule has 0 aliphatic carbocycles. The Balaban J connectivity index is 2.27. The van der Waals surface area contributed by atoms with Crippen LogP contribution < -0.4 is 10.2 Å². The SMILES string of the molecule is CC1CCNC(CCO)C(=O)N1c1ccc(Br)cc1. The number of rotatable bonds is 3. The molecule has 2 rings (SSSR count). The minimum atomic E-state index is -0.293. The fraction of sp³-hybridized carbons (Fsp3) is 0.500. The highest BCUT2D eigenvalue weighted by Crippen LogP contribution is 2.24. The molecule has 0 spiro atoms. The molecule has 1 aromatic carbocycles. The standard InChI is InChI=1S/C14H19BrN2O2/c1-10-6-8-16-13(7-9-18)14(19)17(10)12-4-2-11(15)3-5-12/h2-5,10,13,16,18H,6-9H2,1H3. The average Bonchev–Trinajstić information content (AvgIpc) is 2.52. The van der Waals surface area contributed by atoms with Gasteiger partial charge in [0.25, 0.3) is 0 Å². The fourth-order valence-electron chi connectivity index (χ4n) is 2.41. The monoisotopic (exact) mass is 326 g/mol. The van der Waals surface area contributed by atoms with Gasteiger partial charge in [-0.2, -0.15) is 0 Å². The van der Waals surface area contributed by atoms with Crippen molar-refractivity contribution >= 4 is 27.5 Å². The number of benzene rings is 1. The van der Waals surface area contributed by atoms with E-state index >= 15 is 0 Å². The summed E-state index contributed by atoms with van der Waals surface area (Å²) < 4.78 is 0.996. The van der Waals surface area contributed by atoms with Crippen LogP contribution in [0.3, 0.4) is 0 Å². The third-order valence-corrected chi connectivity index (χ3v) is 3.98. The van der Waals surface area contributed by atoms with Gasteiger partial charge in [0.1, 0.15) is 0 Å². The molecule has 1 fully saturated rings. The molecular formula is C14H19BrN2O2. The Morgan fingerprint density at radius 3 is 2.74 bits per heavy atom. The molecule has 0 saturated carbocycles. The first kappa shape index (κ1) is 14.5. The van der Waals surface area contributed by atoms with Gasteiger partial charge in [-0.05, 0) is 50.6 Å². The molecule has 0 bridgehead atoms. The number of nitrogens with one attached hydrogen (secondary N) is 1. The lowest BCUT2D eigenvalue weighted by Gasteiger charge is -2.29. The molecule has 1 saturated heterocycles. The van der Waals surface area contributed by atoms with E-state index in [0.29, 0.717) is 6.42 Å². The minimum absolute atomic E-state index is 0.0198. The molecule has 4 nitrogen and oxygen atoms in total. The van der Waals surface area contributed by atoms with E-state index in [2.05, 4.69) is 28.2 Å². The zero-order chi connectivity index (χ0) is 13.8. The molecule has 19 heavy (non-hydrogen) atoms. The predicted octanol–water partition coefficient (Wildman–Crippen LogP) is 1.91. The van der Waals surface area contributed by atoms with Gasteiger partial charge in [0.2, 0.25) is 5.91 Å². The molecule has 1 aromatic rings. The number of carbonyl (C=O) groups excluding carboxylic acids is 1. The number of carbonyl (C=O) groups is 1. The van der Waals surface area contributed by atoms with Crippen LogP contribution in [0.5, 0.6) is 0 Å². The highest BCUT2D eigenvalue weighted by atomic mass is 79.9. The summed E-state index contributed by atoms with van der Waals surface area (Å²) in [4.78, 5) is 14.4. The van der Waals surface area contributed by atoms with Gasteiger partial charge in [-0.15, -0.1) is 0 Å². The van der Waals surface area contributed by atoms with Gasteiger partial charge in [-0.1, -0.05) is 15.9 Å². The Hall–Kier alpha value is -0.910. The highest BCUT2D eigenvalue weighted by Gasteiger charge is 2.31. The van der Waals surface area contributed by atoms with E-state index in [-0.39, 0.29) is 24.6 Å². The van der Waals surface area contributed by atoms with E-state index < -0.39 is 0 Å². The summed E-state index contributed by atoms with van der Waals surface area (Å²) in [6, 6.07) is 7.63. The largest absolute Gasteiger partial charge is 0.396 e. The van der Waals surface area contributed by atoms with Crippen molar-refractivity contribution in [3.05, 3.63) is 28.7 Å². The van der Waals surface area contributed by atoms with Crippen LogP contribution in [0.25, 0.3) is 0 Å². The first-order chi connectivity index (χ1) is 9.13. The van der Waals surface area contributed by atoms with Crippen LogP contribution >= 0.6 is 15.9 Å². The highest BCUT2D eigenvalue weighted by molar-refractivity contribution is 9.10. The second-order valence-corrected chi connectivity index (χ2v) is 5.76. The number of nitrogens with zero attached hydrogens (tertiary/aromatic N) is 1. The number of aliphatic hydroxyl groups is 1. The van der Waals surface area contributed by atoms with Gasteiger partial charge in [-0.25, -0.2) is 0 Å². The molecule has 1 amide bonds. The van der Waals surface area contributed by atoms with Crippen LogP contribution in [0.15, 0.2) is 28.7 Å². The van der Waals surface area contributed by atoms with Crippen molar-refractivity contribution in [2.45, 2.75) is 31.8 Å². The smallest absolute Gasteiger partial charge is 0.244 e. The summed E-state index contributed by atoms with van der Waals surface area (Å²) in [5.74, 6) is 0.0429. The molecule has 104 valence electrons. The second-order valence-electron chi connectivity index (χ2n) is 4.84. The molecule has 1 heterocycles. The summed E-state index contributed by atoms with van der Waals surface area (Å²) >= 11 is 3.40. The maximum atomic E-state index is 12.6. The molecule has 5 heteroatoms. The molecule has 1 aliphatic heterocycles. The molecule has 2 atom stereocenters. The molecular weight excluding hydrogens is 308 g/mol. The summed E-state index contributed by atoms with van der Waals surface area (Å²) in [5.41, 5.74) is 0.910. The predicted molar refractivity (Wildman–Crippen MR) is 79.2 cm³/mol. The summed E-state index contributed by atoms with van der Waals surface area (Å²) in [6.07, 6.45) is 1.36. The van der Waals surface area contributed by atoms with Gasteiger partial charge in [0.05, 0.1) is 6.04 Å². The Morgan fingerprint density at radius 1 is 1.42 bits per heavy atom. The molecule has 2 N–H and O–H groups in total. The fourth-order valence-corrected chi connectivity index (χ4v) is 2.67. The van der Waals surface area contributed by atoms with Gasteiger partial charge in [0, 0.05) is 22.8 Å². The minimum Gasteiger partial charge on any atom is -0.396 e. The van der Waals surface area contributed by atoms with Gasteiger partial charge in [-0.3, -0.25) is 4.79 Å². The average molecular weight is 327 g/mol. The number of halogens is 1. The molecule has 2 unspecified atom stereocenters. The van der Waals surface area contributed by atoms with E-state index in [1.807, 2.05) is 29.2 Å². The topological polar surface area (TPSA) is 52.6 Å². The Kier molecular flexibility index (Phi) is 4.96. The van der Waals surface area contributed by atoms with E-state index in [9.17, 15) is 4.79 Å². The first-order valence-corrected chi connectivity index (χ1v) is 7.35. The number of anilines is 1. The zero-order valence-corrected chi connectivity index (χ0v) is 12.6. The number of aliphatic hydroxyl groups excluding tert-OH is 1. The Labute approximate surface area is 121 Å². The lowest BCUT2D eigenvalue weighted by Crippen LogP contribution is -2.46. The van der Waals surface area contributed by atoms with E-state index in [1.165, 1.54) is 0 Å². The van der Waals surface area contributed by atoms with E-state index in [1.54, 1.807) is 0 Å². The van der Waals surface area contributed by atoms with Gasteiger partial charge >= 0.3 is 0 Å². The zero-order valence-electron chi connectivity index (χ0n) is 11.0. The van der Waals surface area contributed by atoms with Crippen molar-refractivity contribution in [1.29, 1.82) is 0 Å². The van der Waals surface area contributed by atoms with E-state index in [4.69, 9.17) is 5.11 Å². The molecule has 1 aliphatic rings. The summed E-state index contributed by atoms with van der Waals surface area (Å²) in [6.45, 7) is 2.87. The van der Waals surface area contributed by atoms with Crippen molar-refractivity contribution in [1.82, 2.24) is 5.32 Å².